The maximum absolute atomic E-state index is 13.6. The van der Waals surface area contributed by atoms with Crippen molar-refractivity contribution in [1.82, 2.24) is 10.2 Å². The van der Waals surface area contributed by atoms with Gasteiger partial charge in [-0.3, -0.25) is 14.6 Å². The van der Waals surface area contributed by atoms with E-state index < -0.39 is 35.7 Å². The molecule has 2 amide bonds. The predicted octanol–water partition coefficient (Wildman–Crippen LogP) is 0.943. The third kappa shape index (κ3) is 3.96. The van der Waals surface area contributed by atoms with E-state index in [0.29, 0.717) is 6.54 Å². The molecule has 144 valence electrons. The van der Waals surface area contributed by atoms with Gasteiger partial charge in [0.1, 0.15) is 18.4 Å². The molecule has 1 aromatic carbocycles. The molecule has 2 unspecified atom stereocenters. The Bertz CT molecular complexity index is 781. The van der Waals surface area contributed by atoms with Crippen LogP contribution < -0.4 is 11.1 Å². The van der Waals surface area contributed by atoms with Crippen molar-refractivity contribution in [1.29, 1.82) is 0 Å². The third-order valence-corrected chi connectivity index (χ3v) is 4.92. The number of nitrogens with zero attached hydrogens (tertiary/aromatic N) is 3. The van der Waals surface area contributed by atoms with Crippen LogP contribution in [0.15, 0.2) is 40.3 Å². The first-order chi connectivity index (χ1) is 12.8. The Kier molecular flexibility index (Phi) is 5.20. The highest BCUT2D eigenvalue weighted by molar-refractivity contribution is 6.38. The van der Waals surface area contributed by atoms with Crippen LogP contribution in [0.1, 0.15) is 18.4 Å². The number of likely N-dealkylation sites (N-methyl/N-ethyl adjacent to an activating group) is 1. The minimum Gasteiger partial charge on any atom is -0.379 e. The van der Waals surface area contributed by atoms with Gasteiger partial charge in [0, 0.05) is 7.05 Å². The first-order valence-corrected chi connectivity index (χ1v) is 8.63. The van der Waals surface area contributed by atoms with Crippen molar-refractivity contribution in [2.75, 3.05) is 7.05 Å². The molecule has 2 fully saturated rings. The standard InChI is InChI=1S/C18H21F2N5O2/c1-25-14-12(18(14,19)20)7-8-13(17(25)27)24-16(26)15(21)23-10-22-9-11-5-3-2-4-6-11/h2-6,10,12-14H,7-9H2,1H3,(H,24,26)(H2,21,22,23)/t12?,13-,14?/m0/s1. The molecule has 0 aromatic heterocycles. The van der Waals surface area contributed by atoms with Gasteiger partial charge in [0.15, 0.2) is 5.84 Å². The number of nitrogens with two attached hydrogens (primary N) is 1. The zero-order valence-corrected chi connectivity index (χ0v) is 14.8. The van der Waals surface area contributed by atoms with E-state index in [2.05, 4.69) is 15.3 Å². The Hall–Kier alpha value is -2.84. The van der Waals surface area contributed by atoms with Gasteiger partial charge in [0.25, 0.3) is 11.8 Å². The van der Waals surface area contributed by atoms with Crippen molar-refractivity contribution in [3.8, 4) is 0 Å². The van der Waals surface area contributed by atoms with Gasteiger partial charge in [0.05, 0.1) is 12.5 Å². The molecule has 27 heavy (non-hydrogen) atoms. The van der Waals surface area contributed by atoms with Crippen LogP contribution in [0.2, 0.25) is 0 Å². The van der Waals surface area contributed by atoms with E-state index >= 15 is 0 Å². The molecular formula is C18H21F2N5O2. The Morgan fingerprint density at radius 2 is 2.07 bits per heavy atom. The molecule has 9 heteroatoms. The van der Waals surface area contributed by atoms with E-state index in [1.54, 1.807) is 0 Å². The number of rotatable bonds is 4. The van der Waals surface area contributed by atoms with Gasteiger partial charge in [-0.25, -0.2) is 13.8 Å². The largest absolute Gasteiger partial charge is 0.379 e. The van der Waals surface area contributed by atoms with Gasteiger partial charge >= 0.3 is 0 Å². The first kappa shape index (κ1) is 18.9. The summed E-state index contributed by atoms with van der Waals surface area (Å²) in [6.45, 7) is 0.391. The lowest BCUT2D eigenvalue weighted by Gasteiger charge is -2.22. The molecule has 1 heterocycles. The zero-order valence-electron chi connectivity index (χ0n) is 14.8. The van der Waals surface area contributed by atoms with Crippen molar-refractivity contribution >= 4 is 24.0 Å². The number of amides is 2. The summed E-state index contributed by atoms with van der Waals surface area (Å²) < 4.78 is 27.2. The van der Waals surface area contributed by atoms with Crippen LogP contribution in [0, 0.1) is 5.92 Å². The summed E-state index contributed by atoms with van der Waals surface area (Å²) >= 11 is 0. The number of halogens is 2. The Morgan fingerprint density at radius 3 is 2.78 bits per heavy atom. The lowest BCUT2D eigenvalue weighted by molar-refractivity contribution is -0.135. The van der Waals surface area contributed by atoms with E-state index in [1.807, 2.05) is 30.3 Å². The van der Waals surface area contributed by atoms with Crippen LogP contribution in [0.5, 0.6) is 0 Å². The smallest absolute Gasteiger partial charge is 0.287 e. The monoisotopic (exact) mass is 377 g/mol. The van der Waals surface area contributed by atoms with Crippen molar-refractivity contribution in [3.05, 3.63) is 35.9 Å². The summed E-state index contributed by atoms with van der Waals surface area (Å²) in [6.07, 6.45) is 1.48. The summed E-state index contributed by atoms with van der Waals surface area (Å²) in [5.74, 6) is -5.30. The average molecular weight is 377 g/mol. The fourth-order valence-electron chi connectivity index (χ4n) is 3.36. The summed E-state index contributed by atoms with van der Waals surface area (Å²) in [6, 6.07) is 7.50. The highest BCUT2D eigenvalue weighted by atomic mass is 19.3. The number of alkyl halides is 2. The SMILES string of the molecule is CN1C(=O)[C@@H](NC(=O)C(N)=NC=NCc2ccccc2)CCC2C1C2(F)F. The Morgan fingerprint density at radius 1 is 1.37 bits per heavy atom. The predicted molar refractivity (Wildman–Crippen MR) is 96.4 cm³/mol. The molecule has 7 nitrogen and oxygen atoms in total. The number of fused-ring (bicyclic) bond motifs is 1. The Balaban J connectivity index is 1.54. The molecule has 0 spiro atoms. The van der Waals surface area contributed by atoms with Gasteiger partial charge in [-0.1, -0.05) is 30.3 Å². The van der Waals surface area contributed by atoms with E-state index in [-0.39, 0.29) is 18.7 Å². The fourth-order valence-corrected chi connectivity index (χ4v) is 3.36. The number of hydrogen-bond donors (Lipinski definition) is 2. The summed E-state index contributed by atoms with van der Waals surface area (Å²) in [5.41, 5.74) is 6.59. The molecule has 1 aromatic rings. The fraction of sp³-hybridized carbons (Fsp3) is 0.444. The van der Waals surface area contributed by atoms with Gasteiger partial charge in [-0.15, -0.1) is 0 Å². The quantitative estimate of drug-likeness (QED) is 0.603. The number of amidine groups is 1. The van der Waals surface area contributed by atoms with Crippen molar-refractivity contribution in [3.63, 3.8) is 0 Å². The lowest BCUT2D eigenvalue weighted by Crippen LogP contribution is -2.51. The van der Waals surface area contributed by atoms with Gasteiger partial charge in [0.2, 0.25) is 5.91 Å². The highest BCUT2D eigenvalue weighted by Gasteiger charge is 2.71. The number of aliphatic imine (C=N–C) groups is 2. The number of carbonyl (C=O) groups excluding carboxylic acids is 2. The topological polar surface area (TPSA) is 100 Å². The minimum atomic E-state index is -2.84. The molecule has 1 aliphatic carbocycles. The van der Waals surface area contributed by atoms with Gasteiger partial charge < -0.3 is 16.0 Å². The highest BCUT2D eigenvalue weighted by Crippen LogP contribution is 2.55. The van der Waals surface area contributed by atoms with Crippen LogP contribution >= 0.6 is 0 Å². The van der Waals surface area contributed by atoms with Crippen LogP contribution in [-0.2, 0) is 16.1 Å². The molecule has 0 radical (unpaired) electrons. The van der Waals surface area contributed by atoms with Gasteiger partial charge in [-0.2, -0.15) is 0 Å². The van der Waals surface area contributed by atoms with Crippen LogP contribution in [0.25, 0.3) is 0 Å². The van der Waals surface area contributed by atoms with E-state index in [1.165, 1.54) is 13.4 Å². The second-order valence-corrected chi connectivity index (χ2v) is 6.73. The van der Waals surface area contributed by atoms with Crippen LogP contribution in [-0.4, -0.2) is 53.9 Å². The molecular weight excluding hydrogens is 356 g/mol. The van der Waals surface area contributed by atoms with E-state index in [0.717, 1.165) is 10.5 Å². The Labute approximate surface area is 155 Å². The maximum Gasteiger partial charge on any atom is 0.287 e. The summed E-state index contributed by atoms with van der Waals surface area (Å²) in [5, 5.41) is 2.47. The summed E-state index contributed by atoms with van der Waals surface area (Å²) in [7, 11) is 1.33. The average Bonchev–Trinajstić information content (AvgIpc) is 3.24. The molecule has 1 aliphatic heterocycles. The van der Waals surface area contributed by atoms with Crippen LogP contribution in [0.4, 0.5) is 8.78 Å². The zero-order chi connectivity index (χ0) is 19.6. The molecule has 0 bridgehead atoms. The summed E-state index contributed by atoms with van der Waals surface area (Å²) in [4.78, 5) is 33.3. The molecule has 1 saturated heterocycles. The molecule has 1 saturated carbocycles. The normalized spacial score (nSPS) is 27.2. The van der Waals surface area contributed by atoms with E-state index in [9.17, 15) is 18.4 Å². The minimum absolute atomic E-state index is 0.140. The molecule has 3 N–H and O–H groups in total. The van der Waals surface area contributed by atoms with E-state index in [4.69, 9.17) is 5.73 Å². The van der Waals surface area contributed by atoms with Crippen LogP contribution in [0.3, 0.4) is 0 Å². The van der Waals surface area contributed by atoms with Crippen molar-refractivity contribution in [2.24, 2.45) is 21.6 Å². The second kappa shape index (κ2) is 7.42. The number of benzene rings is 1. The number of carbonyl (C=O) groups is 2. The number of nitrogens with one attached hydrogen (secondary N) is 1. The van der Waals surface area contributed by atoms with Gasteiger partial charge in [-0.05, 0) is 18.4 Å². The first-order valence-electron chi connectivity index (χ1n) is 8.63. The molecule has 2 aliphatic rings. The lowest BCUT2D eigenvalue weighted by atomic mass is 10.1. The third-order valence-electron chi connectivity index (χ3n) is 4.92. The maximum atomic E-state index is 13.6. The number of hydrogen-bond acceptors (Lipinski definition) is 3. The second-order valence-electron chi connectivity index (χ2n) is 6.73. The molecule has 3 atom stereocenters. The molecule has 3 rings (SSSR count). The van der Waals surface area contributed by atoms with Crippen molar-refractivity contribution in [2.45, 2.75) is 37.4 Å². The van der Waals surface area contributed by atoms with Crippen molar-refractivity contribution < 1.29 is 18.4 Å². The number of likely N-dealkylation sites (tertiary alicyclic amines) is 1.